The van der Waals surface area contributed by atoms with Gasteiger partial charge in [-0.2, -0.15) is 4.37 Å². The van der Waals surface area contributed by atoms with Crippen molar-refractivity contribution in [3.05, 3.63) is 115 Å². The Kier molecular flexibility index (Phi) is 7.41. The van der Waals surface area contributed by atoms with Gasteiger partial charge in [0.2, 0.25) is 11.4 Å². The van der Waals surface area contributed by atoms with Crippen molar-refractivity contribution in [2.75, 3.05) is 0 Å². The van der Waals surface area contributed by atoms with Gasteiger partial charge in [-0.05, 0) is 42.3 Å². The van der Waals surface area contributed by atoms with E-state index in [1.165, 1.54) is 33.8 Å². The SMILES string of the molecule is Cc1cc(-[n+]2c(-c3ccccc3)cc(-c3ccccc3)cc2-c2ccccc2)sn1.F[B-](F)(F)F. The Bertz CT molecular complexity index is 1320. The van der Waals surface area contributed by atoms with Gasteiger partial charge in [0.15, 0.2) is 0 Å². The second kappa shape index (κ2) is 10.7. The average Bonchev–Trinajstić information content (AvgIpc) is 3.29. The van der Waals surface area contributed by atoms with Gasteiger partial charge in [-0.25, -0.2) is 0 Å². The van der Waals surface area contributed by atoms with Gasteiger partial charge < -0.3 is 17.3 Å². The van der Waals surface area contributed by atoms with Gasteiger partial charge in [-0.3, -0.25) is 0 Å². The third-order valence-electron chi connectivity index (χ3n) is 5.15. The van der Waals surface area contributed by atoms with Crippen LogP contribution in [0.1, 0.15) is 5.69 Å². The van der Waals surface area contributed by atoms with E-state index >= 15 is 0 Å². The van der Waals surface area contributed by atoms with Crippen molar-refractivity contribution in [2.24, 2.45) is 0 Å². The highest BCUT2D eigenvalue weighted by Crippen LogP contribution is 2.31. The van der Waals surface area contributed by atoms with Gasteiger partial charge in [0, 0.05) is 40.9 Å². The van der Waals surface area contributed by atoms with Crippen LogP contribution in [0.25, 0.3) is 38.6 Å². The van der Waals surface area contributed by atoms with Crippen LogP contribution in [-0.2, 0) is 0 Å². The standard InChI is InChI=1S/C27H21N2S.BF4/c1-20-17-27(30-28-20)29-25(22-13-7-3-8-14-22)18-24(21-11-5-2-6-12-21)19-26(29)23-15-9-4-10-16-23;2-1(3,4)5/h2-19H,1H3;/q+1;-1. The number of rotatable bonds is 4. The minimum Gasteiger partial charge on any atom is -0.418 e. The second-order valence-electron chi connectivity index (χ2n) is 7.75. The van der Waals surface area contributed by atoms with Crippen LogP contribution in [0.3, 0.4) is 0 Å². The van der Waals surface area contributed by atoms with E-state index in [1.807, 2.05) is 6.92 Å². The number of benzene rings is 3. The minimum atomic E-state index is -6.00. The molecule has 8 heteroatoms. The average molecular weight is 492 g/mol. The smallest absolute Gasteiger partial charge is 0.418 e. The molecular formula is C27H21BF4N2S. The van der Waals surface area contributed by atoms with Gasteiger partial charge in [0.1, 0.15) is 0 Å². The van der Waals surface area contributed by atoms with Gasteiger partial charge in [0.25, 0.3) is 5.00 Å². The molecular weight excluding hydrogens is 471 g/mol. The van der Waals surface area contributed by atoms with Crippen LogP contribution in [0, 0.1) is 6.92 Å². The summed E-state index contributed by atoms with van der Waals surface area (Å²) in [7, 11) is -6.00. The Hall–Kier alpha value is -3.78. The van der Waals surface area contributed by atoms with Crippen molar-refractivity contribution in [3.63, 3.8) is 0 Å². The van der Waals surface area contributed by atoms with Crippen LogP contribution in [0.4, 0.5) is 17.3 Å². The van der Waals surface area contributed by atoms with E-state index in [-0.39, 0.29) is 0 Å². The summed E-state index contributed by atoms with van der Waals surface area (Å²) in [6.45, 7) is 2.04. The van der Waals surface area contributed by atoms with Crippen molar-refractivity contribution in [1.82, 2.24) is 4.37 Å². The molecule has 176 valence electrons. The Morgan fingerprint density at radius 2 is 1.00 bits per heavy atom. The first-order valence-electron chi connectivity index (χ1n) is 10.9. The van der Waals surface area contributed by atoms with E-state index in [2.05, 4.69) is 118 Å². The predicted octanol–water partition coefficient (Wildman–Crippen LogP) is 8.03. The summed E-state index contributed by atoms with van der Waals surface area (Å²) < 4.78 is 45.9. The highest BCUT2D eigenvalue weighted by Gasteiger charge is 2.26. The van der Waals surface area contributed by atoms with Crippen LogP contribution in [0.5, 0.6) is 0 Å². The summed E-state index contributed by atoms with van der Waals surface area (Å²) >= 11 is 1.53. The first-order chi connectivity index (χ1) is 16.8. The fraction of sp³-hybridized carbons (Fsp3) is 0.0370. The van der Waals surface area contributed by atoms with E-state index in [0.717, 1.165) is 22.1 Å². The maximum absolute atomic E-state index is 9.75. The molecule has 5 rings (SSSR count). The van der Waals surface area contributed by atoms with Crippen LogP contribution in [0.15, 0.2) is 109 Å². The van der Waals surface area contributed by atoms with E-state index in [9.17, 15) is 17.3 Å². The topological polar surface area (TPSA) is 16.8 Å². The highest BCUT2D eigenvalue weighted by molar-refractivity contribution is 7.08. The van der Waals surface area contributed by atoms with Crippen molar-refractivity contribution >= 4 is 18.8 Å². The summed E-state index contributed by atoms with van der Waals surface area (Å²) in [5.74, 6) is 0. The van der Waals surface area contributed by atoms with Gasteiger partial charge in [0.05, 0.1) is 5.69 Å². The molecule has 0 bridgehead atoms. The quantitative estimate of drug-likeness (QED) is 0.141. The molecule has 5 aromatic rings. The molecule has 3 aromatic carbocycles. The molecule has 0 fully saturated rings. The normalized spacial score (nSPS) is 11.0. The van der Waals surface area contributed by atoms with E-state index in [4.69, 9.17) is 0 Å². The number of halogens is 4. The molecule has 0 spiro atoms. The lowest BCUT2D eigenvalue weighted by Crippen LogP contribution is -2.35. The third kappa shape index (κ3) is 6.42. The first kappa shape index (κ1) is 24.4. The molecule has 35 heavy (non-hydrogen) atoms. The summed E-state index contributed by atoms with van der Waals surface area (Å²) in [5, 5.41) is 1.12. The Balaban J connectivity index is 0.000000527. The lowest BCUT2D eigenvalue weighted by atomic mass is 9.99. The number of hydrogen-bond donors (Lipinski definition) is 0. The molecule has 0 saturated carbocycles. The Morgan fingerprint density at radius 1 is 0.600 bits per heavy atom. The van der Waals surface area contributed by atoms with Crippen LogP contribution in [-0.4, -0.2) is 11.6 Å². The lowest BCUT2D eigenvalue weighted by Gasteiger charge is -2.11. The highest BCUT2D eigenvalue weighted by atomic mass is 32.1. The first-order valence-corrected chi connectivity index (χ1v) is 11.6. The zero-order valence-corrected chi connectivity index (χ0v) is 19.6. The van der Waals surface area contributed by atoms with E-state index in [1.54, 1.807) is 0 Å². The summed E-state index contributed by atoms with van der Waals surface area (Å²) in [6, 6.07) is 38.5. The molecule has 0 aliphatic rings. The molecule has 0 N–H and O–H groups in total. The number of aryl methyl sites for hydroxylation is 1. The van der Waals surface area contributed by atoms with Crippen LogP contribution in [0.2, 0.25) is 0 Å². The molecule has 0 saturated heterocycles. The molecule has 0 aliphatic heterocycles. The van der Waals surface area contributed by atoms with Crippen LogP contribution < -0.4 is 4.57 Å². The fourth-order valence-corrected chi connectivity index (χ4v) is 4.52. The maximum Gasteiger partial charge on any atom is 0.673 e. The molecule has 0 atom stereocenters. The lowest BCUT2D eigenvalue weighted by molar-refractivity contribution is -0.567. The number of pyridine rings is 1. The zero-order valence-electron chi connectivity index (χ0n) is 18.8. The molecule has 2 nitrogen and oxygen atoms in total. The number of nitrogens with zero attached hydrogens (tertiary/aromatic N) is 2. The molecule has 2 heterocycles. The summed E-state index contributed by atoms with van der Waals surface area (Å²) in [5.41, 5.74) is 8.11. The summed E-state index contributed by atoms with van der Waals surface area (Å²) in [6.07, 6.45) is 0. The molecule has 2 aromatic heterocycles. The third-order valence-corrected chi connectivity index (χ3v) is 6.02. The second-order valence-corrected chi connectivity index (χ2v) is 8.53. The van der Waals surface area contributed by atoms with Gasteiger partial charge in [-0.1, -0.05) is 66.7 Å². The Morgan fingerprint density at radius 3 is 1.37 bits per heavy atom. The zero-order chi connectivity index (χ0) is 24.8. The van der Waals surface area contributed by atoms with Crippen LogP contribution >= 0.6 is 11.5 Å². The number of hydrogen-bond acceptors (Lipinski definition) is 2. The largest absolute Gasteiger partial charge is 0.673 e. The Labute approximate surface area is 205 Å². The van der Waals surface area contributed by atoms with Crippen molar-refractivity contribution in [3.8, 4) is 38.6 Å². The van der Waals surface area contributed by atoms with E-state index < -0.39 is 7.25 Å². The molecule has 0 amide bonds. The van der Waals surface area contributed by atoms with Gasteiger partial charge >= 0.3 is 7.25 Å². The monoisotopic (exact) mass is 492 g/mol. The molecule has 0 aliphatic carbocycles. The predicted molar refractivity (Wildman–Crippen MR) is 135 cm³/mol. The van der Waals surface area contributed by atoms with E-state index in [0.29, 0.717) is 0 Å². The maximum atomic E-state index is 9.75. The molecule has 0 unspecified atom stereocenters. The fourth-order valence-electron chi connectivity index (χ4n) is 3.73. The van der Waals surface area contributed by atoms with Crippen molar-refractivity contribution in [2.45, 2.75) is 6.92 Å². The van der Waals surface area contributed by atoms with Gasteiger partial charge in [-0.15, -0.1) is 4.57 Å². The van der Waals surface area contributed by atoms with Crippen molar-refractivity contribution in [1.29, 1.82) is 0 Å². The minimum absolute atomic E-state index is 1.03. The van der Waals surface area contributed by atoms with Crippen molar-refractivity contribution < 1.29 is 21.8 Å². The summed E-state index contributed by atoms with van der Waals surface area (Å²) in [4.78, 5) is 0. The molecule has 0 radical (unpaired) electrons. The number of aromatic nitrogens is 2.